The lowest BCUT2D eigenvalue weighted by Gasteiger charge is -2.33. The third kappa shape index (κ3) is 4.82. The van der Waals surface area contributed by atoms with E-state index in [2.05, 4.69) is 10.3 Å². The van der Waals surface area contributed by atoms with Crippen LogP contribution in [0, 0.1) is 19.8 Å². The summed E-state index contributed by atoms with van der Waals surface area (Å²) in [5.41, 5.74) is 2.09. The van der Waals surface area contributed by atoms with Crippen molar-refractivity contribution < 1.29 is 19.1 Å². The third-order valence-electron chi connectivity index (χ3n) is 6.16. The van der Waals surface area contributed by atoms with Gasteiger partial charge in [0.25, 0.3) is 5.91 Å². The molecule has 2 heterocycles. The van der Waals surface area contributed by atoms with Gasteiger partial charge in [-0.15, -0.1) is 0 Å². The van der Waals surface area contributed by atoms with Crippen LogP contribution in [0.5, 0.6) is 0 Å². The maximum atomic E-state index is 13.1. The number of nitrogens with zero attached hydrogens (tertiary/aromatic N) is 1. The number of likely N-dealkylation sites (tertiary alicyclic amines) is 1. The van der Waals surface area contributed by atoms with E-state index in [1.165, 1.54) is 19.3 Å². The summed E-state index contributed by atoms with van der Waals surface area (Å²) in [5, 5.41) is 3.20. The molecule has 1 aliphatic carbocycles. The van der Waals surface area contributed by atoms with Crippen molar-refractivity contribution in [3.8, 4) is 0 Å². The van der Waals surface area contributed by atoms with E-state index >= 15 is 0 Å². The van der Waals surface area contributed by atoms with Gasteiger partial charge in [-0.05, 0) is 52.0 Å². The number of rotatable bonds is 5. The molecule has 0 aromatic carbocycles. The molecule has 0 radical (unpaired) electrons. The van der Waals surface area contributed by atoms with Crippen LogP contribution in [0.25, 0.3) is 0 Å². The molecule has 3 rings (SSSR count). The van der Waals surface area contributed by atoms with Gasteiger partial charge in [0.1, 0.15) is 5.69 Å². The Kier molecular flexibility index (Phi) is 6.98. The molecule has 0 bridgehead atoms. The van der Waals surface area contributed by atoms with E-state index in [0.29, 0.717) is 35.6 Å². The lowest BCUT2D eigenvalue weighted by Crippen LogP contribution is -2.48. The SMILES string of the molecule is CCOC(=O)c1c(C)[nH]c(C(=O)N2CCCC(C(=O)NC3CCCCC3)C2)c1C. The molecule has 1 saturated carbocycles. The number of amides is 2. The Labute approximate surface area is 172 Å². The normalized spacial score (nSPS) is 20.4. The van der Waals surface area contributed by atoms with Gasteiger partial charge in [-0.2, -0.15) is 0 Å². The quantitative estimate of drug-likeness (QED) is 0.739. The zero-order valence-corrected chi connectivity index (χ0v) is 17.8. The monoisotopic (exact) mass is 403 g/mol. The first kappa shape index (κ1) is 21.4. The summed E-state index contributed by atoms with van der Waals surface area (Å²) in [6.45, 7) is 6.62. The Balaban J connectivity index is 1.67. The summed E-state index contributed by atoms with van der Waals surface area (Å²) in [6.07, 6.45) is 7.32. The molecule has 7 heteroatoms. The van der Waals surface area contributed by atoms with Gasteiger partial charge in [0.2, 0.25) is 5.91 Å². The van der Waals surface area contributed by atoms with Gasteiger partial charge in [0, 0.05) is 24.8 Å². The van der Waals surface area contributed by atoms with Crippen molar-refractivity contribution in [2.24, 2.45) is 5.92 Å². The number of aryl methyl sites for hydroxylation is 1. The molecule has 2 N–H and O–H groups in total. The van der Waals surface area contributed by atoms with Crippen LogP contribution < -0.4 is 5.32 Å². The molecule has 29 heavy (non-hydrogen) atoms. The predicted octanol–water partition coefficient (Wildman–Crippen LogP) is 3.11. The summed E-state index contributed by atoms with van der Waals surface area (Å²) < 4.78 is 5.11. The van der Waals surface area contributed by atoms with Crippen molar-refractivity contribution in [1.29, 1.82) is 0 Å². The Morgan fingerprint density at radius 2 is 1.83 bits per heavy atom. The number of hydrogen-bond donors (Lipinski definition) is 2. The summed E-state index contributed by atoms with van der Waals surface area (Å²) in [5.74, 6) is -0.672. The van der Waals surface area contributed by atoms with Crippen molar-refractivity contribution in [1.82, 2.24) is 15.2 Å². The fourth-order valence-corrected chi connectivity index (χ4v) is 4.57. The number of carbonyl (C=O) groups is 3. The molecule has 1 unspecified atom stereocenters. The van der Waals surface area contributed by atoms with Gasteiger partial charge in [0.05, 0.1) is 18.1 Å². The fraction of sp³-hybridized carbons (Fsp3) is 0.682. The van der Waals surface area contributed by atoms with Crippen LogP contribution in [-0.2, 0) is 9.53 Å². The maximum absolute atomic E-state index is 13.1. The summed E-state index contributed by atoms with van der Waals surface area (Å²) in [7, 11) is 0. The van der Waals surface area contributed by atoms with Crippen LogP contribution in [0.4, 0.5) is 0 Å². The van der Waals surface area contributed by atoms with Crippen molar-refractivity contribution in [2.45, 2.75) is 71.8 Å². The van der Waals surface area contributed by atoms with Gasteiger partial charge in [-0.25, -0.2) is 4.79 Å². The van der Waals surface area contributed by atoms with Crippen LogP contribution >= 0.6 is 0 Å². The predicted molar refractivity (Wildman–Crippen MR) is 110 cm³/mol. The average Bonchev–Trinajstić information content (AvgIpc) is 3.02. The van der Waals surface area contributed by atoms with Crippen molar-refractivity contribution in [2.75, 3.05) is 19.7 Å². The highest BCUT2D eigenvalue weighted by atomic mass is 16.5. The minimum Gasteiger partial charge on any atom is -0.462 e. The molecule has 0 spiro atoms. The first-order chi connectivity index (χ1) is 13.9. The minimum absolute atomic E-state index is 0.0704. The molecule has 2 fully saturated rings. The van der Waals surface area contributed by atoms with Crippen LogP contribution in [0.2, 0.25) is 0 Å². The van der Waals surface area contributed by atoms with E-state index < -0.39 is 5.97 Å². The summed E-state index contributed by atoms with van der Waals surface area (Å²) in [4.78, 5) is 42.9. The number of nitrogens with one attached hydrogen (secondary N) is 2. The van der Waals surface area contributed by atoms with Crippen LogP contribution in [0.3, 0.4) is 0 Å². The number of aromatic nitrogens is 1. The molecular formula is C22H33N3O4. The van der Waals surface area contributed by atoms with Gasteiger partial charge in [-0.3, -0.25) is 9.59 Å². The number of piperidine rings is 1. The van der Waals surface area contributed by atoms with Gasteiger partial charge in [-0.1, -0.05) is 19.3 Å². The fourth-order valence-electron chi connectivity index (χ4n) is 4.57. The average molecular weight is 404 g/mol. The Hall–Kier alpha value is -2.31. The zero-order chi connectivity index (χ0) is 21.0. The standard InChI is InChI=1S/C22H33N3O4/c1-4-29-22(28)18-14(2)19(23-15(18)3)21(27)25-12-8-9-16(13-25)20(26)24-17-10-6-5-7-11-17/h16-17,23H,4-13H2,1-3H3,(H,24,26). The third-order valence-corrected chi connectivity index (χ3v) is 6.16. The highest BCUT2D eigenvalue weighted by Crippen LogP contribution is 2.24. The molecule has 2 aliphatic rings. The molecule has 1 aliphatic heterocycles. The van der Waals surface area contributed by atoms with E-state index in [1.54, 1.807) is 25.7 Å². The molecule has 2 amide bonds. The molecule has 1 aromatic heterocycles. The number of carbonyl (C=O) groups excluding carboxylic acids is 3. The molecular weight excluding hydrogens is 370 g/mol. The zero-order valence-electron chi connectivity index (χ0n) is 17.8. The van der Waals surface area contributed by atoms with E-state index in [-0.39, 0.29) is 30.4 Å². The highest BCUT2D eigenvalue weighted by Gasteiger charge is 2.32. The summed E-state index contributed by atoms with van der Waals surface area (Å²) in [6, 6.07) is 0.280. The number of H-pyrrole nitrogens is 1. The maximum Gasteiger partial charge on any atom is 0.340 e. The van der Waals surface area contributed by atoms with Crippen LogP contribution in [0.15, 0.2) is 0 Å². The number of aromatic amines is 1. The largest absolute Gasteiger partial charge is 0.462 e. The Morgan fingerprint density at radius 3 is 2.52 bits per heavy atom. The second-order valence-electron chi connectivity index (χ2n) is 8.28. The van der Waals surface area contributed by atoms with E-state index in [9.17, 15) is 14.4 Å². The highest BCUT2D eigenvalue weighted by molar-refractivity contribution is 6.00. The molecule has 1 aromatic rings. The van der Waals surface area contributed by atoms with Crippen molar-refractivity contribution >= 4 is 17.8 Å². The smallest absolute Gasteiger partial charge is 0.340 e. The van der Waals surface area contributed by atoms with Crippen LogP contribution in [-0.4, -0.2) is 53.4 Å². The minimum atomic E-state index is -0.416. The molecule has 160 valence electrons. The van der Waals surface area contributed by atoms with E-state index in [1.807, 2.05) is 0 Å². The van der Waals surface area contributed by atoms with E-state index in [0.717, 1.165) is 25.7 Å². The van der Waals surface area contributed by atoms with Gasteiger partial charge < -0.3 is 19.9 Å². The van der Waals surface area contributed by atoms with Gasteiger partial charge in [0.15, 0.2) is 0 Å². The molecule has 1 atom stereocenters. The van der Waals surface area contributed by atoms with Crippen molar-refractivity contribution in [3.63, 3.8) is 0 Å². The van der Waals surface area contributed by atoms with Crippen LogP contribution in [0.1, 0.15) is 84.0 Å². The summed E-state index contributed by atoms with van der Waals surface area (Å²) >= 11 is 0. The van der Waals surface area contributed by atoms with Crippen molar-refractivity contribution in [3.05, 3.63) is 22.5 Å². The first-order valence-corrected chi connectivity index (χ1v) is 10.9. The Bertz CT molecular complexity index is 764. The molecule has 1 saturated heterocycles. The number of esters is 1. The second-order valence-corrected chi connectivity index (χ2v) is 8.28. The second kappa shape index (κ2) is 9.46. The van der Waals surface area contributed by atoms with E-state index in [4.69, 9.17) is 4.74 Å². The lowest BCUT2D eigenvalue weighted by atomic mass is 9.93. The number of ether oxygens (including phenoxy) is 1. The number of hydrogen-bond acceptors (Lipinski definition) is 4. The molecule has 7 nitrogen and oxygen atoms in total. The Morgan fingerprint density at radius 1 is 1.10 bits per heavy atom. The first-order valence-electron chi connectivity index (χ1n) is 10.9. The lowest BCUT2D eigenvalue weighted by molar-refractivity contribution is -0.127. The van der Waals surface area contributed by atoms with Gasteiger partial charge >= 0.3 is 5.97 Å². The topological polar surface area (TPSA) is 91.5 Å².